The van der Waals surface area contributed by atoms with Crippen molar-refractivity contribution in [3.05, 3.63) is 51.6 Å². The molecule has 1 heterocycles. The first-order valence-corrected chi connectivity index (χ1v) is 5.91. The summed E-state index contributed by atoms with van der Waals surface area (Å²) in [6.45, 7) is 0.226. The number of rotatable bonds is 4. The fraction of sp³-hybridized carbons (Fsp3) is 0.0909. The monoisotopic (exact) mass is 295 g/mol. The number of benzene rings is 1. The van der Waals surface area contributed by atoms with Gasteiger partial charge in [0.2, 0.25) is 0 Å². The van der Waals surface area contributed by atoms with Gasteiger partial charge in [-0.3, -0.25) is 10.1 Å². The summed E-state index contributed by atoms with van der Waals surface area (Å²) in [5.41, 5.74) is 0.144. The third kappa shape index (κ3) is 3.45. The second kappa shape index (κ2) is 6.02. The predicted octanol–water partition coefficient (Wildman–Crippen LogP) is 2.29. The number of hydrogen-bond donors (Lipinski definition) is 3. The molecule has 0 fully saturated rings. The van der Waals surface area contributed by atoms with Gasteiger partial charge in [0.05, 0.1) is 22.2 Å². The van der Waals surface area contributed by atoms with Crippen molar-refractivity contribution in [2.24, 2.45) is 0 Å². The highest BCUT2D eigenvalue weighted by atomic mass is 35.5. The topological polar surface area (TPSA) is 113 Å². The smallest absolute Gasteiger partial charge is 0.319 e. The van der Waals surface area contributed by atoms with E-state index >= 15 is 0 Å². The SMILES string of the molecule is O=C(NCc1ncc[nH]1)Nc1ccc([N+](=O)[O-])cc1Cl. The van der Waals surface area contributed by atoms with Crippen LogP contribution >= 0.6 is 11.6 Å². The van der Waals surface area contributed by atoms with Crippen molar-refractivity contribution >= 4 is 29.0 Å². The number of halogens is 1. The Morgan fingerprint density at radius 1 is 1.50 bits per heavy atom. The van der Waals surface area contributed by atoms with E-state index in [0.717, 1.165) is 0 Å². The zero-order chi connectivity index (χ0) is 14.5. The summed E-state index contributed by atoms with van der Waals surface area (Å²) < 4.78 is 0. The van der Waals surface area contributed by atoms with Crippen molar-refractivity contribution in [3.8, 4) is 0 Å². The molecule has 3 N–H and O–H groups in total. The van der Waals surface area contributed by atoms with Gasteiger partial charge >= 0.3 is 6.03 Å². The lowest BCUT2D eigenvalue weighted by atomic mass is 10.3. The van der Waals surface area contributed by atoms with Gasteiger partial charge in [-0.2, -0.15) is 0 Å². The molecule has 0 aliphatic rings. The molecule has 0 atom stereocenters. The van der Waals surface area contributed by atoms with Crippen molar-refractivity contribution < 1.29 is 9.72 Å². The quantitative estimate of drug-likeness (QED) is 0.593. The molecule has 2 amide bonds. The number of imidazole rings is 1. The van der Waals surface area contributed by atoms with Gasteiger partial charge in [-0.05, 0) is 6.07 Å². The van der Waals surface area contributed by atoms with Crippen LogP contribution in [0.25, 0.3) is 0 Å². The number of hydrogen-bond acceptors (Lipinski definition) is 4. The molecule has 0 saturated carbocycles. The molecule has 2 aromatic rings. The fourth-order valence-electron chi connectivity index (χ4n) is 1.44. The lowest BCUT2D eigenvalue weighted by Crippen LogP contribution is -2.28. The van der Waals surface area contributed by atoms with Gasteiger partial charge in [-0.15, -0.1) is 0 Å². The number of non-ortho nitro benzene ring substituents is 1. The van der Waals surface area contributed by atoms with Crippen molar-refractivity contribution in [1.82, 2.24) is 15.3 Å². The van der Waals surface area contributed by atoms with E-state index in [4.69, 9.17) is 11.6 Å². The predicted molar refractivity (Wildman–Crippen MR) is 72.6 cm³/mol. The van der Waals surface area contributed by atoms with Gasteiger partial charge in [0.25, 0.3) is 5.69 Å². The molecule has 0 spiro atoms. The minimum absolute atomic E-state index is 0.0901. The first kappa shape index (κ1) is 13.8. The van der Waals surface area contributed by atoms with E-state index in [1.807, 2.05) is 0 Å². The molecule has 1 aromatic carbocycles. The third-order valence-corrected chi connectivity index (χ3v) is 2.70. The van der Waals surface area contributed by atoms with E-state index in [1.54, 1.807) is 12.4 Å². The molecule has 0 aliphatic carbocycles. The second-order valence-electron chi connectivity index (χ2n) is 3.76. The molecule has 1 aromatic heterocycles. The number of nitro groups is 1. The van der Waals surface area contributed by atoms with Crippen LogP contribution < -0.4 is 10.6 Å². The van der Waals surface area contributed by atoms with Gasteiger partial charge in [0.15, 0.2) is 0 Å². The van der Waals surface area contributed by atoms with Crippen LogP contribution in [0.3, 0.4) is 0 Å². The molecule has 104 valence electrons. The Labute approximate surface area is 118 Å². The van der Waals surface area contributed by atoms with Crippen LogP contribution in [0, 0.1) is 10.1 Å². The minimum atomic E-state index is -0.563. The number of carbonyl (C=O) groups is 1. The van der Waals surface area contributed by atoms with Crippen LogP contribution in [0.2, 0.25) is 5.02 Å². The van der Waals surface area contributed by atoms with E-state index in [2.05, 4.69) is 20.6 Å². The summed E-state index contributed by atoms with van der Waals surface area (Å²) in [5.74, 6) is 0.606. The number of urea groups is 1. The highest BCUT2D eigenvalue weighted by molar-refractivity contribution is 6.33. The highest BCUT2D eigenvalue weighted by Crippen LogP contribution is 2.26. The Balaban J connectivity index is 1.95. The van der Waals surface area contributed by atoms with Crippen LogP contribution in [0.1, 0.15) is 5.82 Å². The molecular formula is C11H10ClN5O3. The molecule has 0 bridgehead atoms. The van der Waals surface area contributed by atoms with Gasteiger partial charge in [-0.25, -0.2) is 9.78 Å². The largest absolute Gasteiger partial charge is 0.347 e. The Morgan fingerprint density at radius 2 is 2.30 bits per heavy atom. The van der Waals surface area contributed by atoms with Crippen molar-refractivity contribution in [2.45, 2.75) is 6.54 Å². The minimum Gasteiger partial charge on any atom is -0.347 e. The molecule has 9 heteroatoms. The number of aromatic amines is 1. The van der Waals surface area contributed by atoms with Gasteiger partial charge in [-0.1, -0.05) is 11.6 Å². The number of nitrogens with zero attached hydrogens (tertiary/aromatic N) is 2. The second-order valence-corrected chi connectivity index (χ2v) is 4.17. The lowest BCUT2D eigenvalue weighted by Gasteiger charge is -2.07. The Hall–Kier alpha value is -2.61. The van der Waals surface area contributed by atoms with E-state index in [1.165, 1.54) is 18.2 Å². The molecule has 20 heavy (non-hydrogen) atoms. The Morgan fingerprint density at radius 3 is 2.90 bits per heavy atom. The Kier molecular flexibility index (Phi) is 4.16. The summed E-state index contributed by atoms with van der Waals surface area (Å²) in [7, 11) is 0. The van der Waals surface area contributed by atoms with Gasteiger partial charge < -0.3 is 15.6 Å². The zero-order valence-electron chi connectivity index (χ0n) is 10.1. The van der Waals surface area contributed by atoms with Crippen molar-refractivity contribution in [3.63, 3.8) is 0 Å². The molecule has 2 rings (SSSR count). The third-order valence-electron chi connectivity index (χ3n) is 2.38. The molecule has 0 unspecified atom stereocenters. The first-order chi connectivity index (χ1) is 9.56. The highest BCUT2D eigenvalue weighted by Gasteiger charge is 2.11. The lowest BCUT2D eigenvalue weighted by molar-refractivity contribution is -0.384. The molecule has 0 aliphatic heterocycles. The first-order valence-electron chi connectivity index (χ1n) is 5.53. The summed E-state index contributed by atoms with van der Waals surface area (Å²) in [6, 6.07) is 3.31. The maximum absolute atomic E-state index is 11.6. The van der Waals surface area contributed by atoms with Crippen LogP contribution in [-0.2, 0) is 6.54 Å². The van der Waals surface area contributed by atoms with E-state index < -0.39 is 11.0 Å². The van der Waals surface area contributed by atoms with Crippen molar-refractivity contribution in [1.29, 1.82) is 0 Å². The van der Waals surface area contributed by atoms with Crippen LogP contribution in [0.4, 0.5) is 16.2 Å². The van der Waals surface area contributed by atoms with E-state index in [0.29, 0.717) is 5.82 Å². The summed E-state index contributed by atoms with van der Waals surface area (Å²) in [5, 5.41) is 15.7. The normalized spacial score (nSPS) is 10.1. The van der Waals surface area contributed by atoms with Crippen LogP contribution in [0.15, 0.2) is 30.6 Å². The summed E-state index contributed by atoms with van der Waals surface area (Å²) in [6.07, 6.45) is 3.21. The summed E-state index contributed by atoms with van der Waals surface area (Å²) >= 11 is 5.85. The fourth-order valence-corrected chi connectivity index (χ4v) is 1.67. The molecule has 0 saturated heterocycles. The average molecular weight is 296 g/mol. The number of aromatic nitrogens is 2. The number of carbonyl (C=O) groups excluding carboxylic acids is 1. The Bertz CT molecular complexity index is 629. The zero-order valence-corrected chi connectivity index (χ0v) is 10.8. The van der Waals surface area contributed by atoms with E-state index in [9.17, 15) is 14.9 Å². The number of nitro benzene ring substituents is 1. The van der Waals surface area contributed by atoms with Gasteiger partial charge in [0.1, 0.15) is 5.82 Å². The number of H-pyrrole nitrogens is 1. The standard InChI is InChI=1S/C11H10ClN5O3/c12-8-5-7(17(19)20)1-2-9(8)16-11(18)15-6-10-13-3-4-14-10/h1-5H,6H2,(H,13,14)(H2,15,16,18). The molecule has 8 nitrogen and oxygen atoms in total. The maximum atomic E-state index is 11.6. The number of nitrogens with one attached hydrogen (secondary N) is 3. The van der Waals surface area contributed by atoms with Crippen LogP contribution in [0.5, 0.6) is 0 Å². The summed E-state index contributed by atoms with van der Waals surface area (Å²) in [4.78, 5) is 28.4. The average Bonchev–Trinajstić information content (AvgIpc) is 2.91. The number of anilines is 1. The molecular weight excluding hydrogens is 286 g/mol. The van der Waals surface area contributed by atoms with Crippen molar-refractivity contribution in [2.75, 3.05) is 5.32 Å². The maximum Gasteiger partial charge on any atom is 0.319 e. The van der Waals surface area contributed by atoms with E-state index in [-0.39, 0.29) is 22.9 Å². The van der Waals surface area contributed by atoms with Crippen LogP contribution in [-0.4, -0.2) is 20.9 Å². The molecule has 0 radical (unpaired) electrons. The van der Waals surface area contributed by atoms with Gasteiger partial charge in [0, 0.05) is 24.5 Å². The number of amides is 2.